The van der Waals surface area contributed by atoms with Crippen LogP contribution in [0.3, 0.4) is 0 Å². The summed E-state index contributed by atoms with van der Waals surface area (Å²) in [5, 5.41) is 5.11. The highest BCUT2D eigenvalue weighted by Crippen LogP contribution is 2.62. The maximum Gasteiger partial charge on any atom is 0.0481 e. The number of aromatic nitrogens is 1. The third-order valence-electron chi connectivity index (χ3n) is 5.50. The fourth-order valence-electron chi connectivity index (χ4n) is 3.49. The van der Waals surface area contributed by atoms with Gasteiger partial charge in [-0.1, -0.05) is 45.9 Å². The molecule has 1 aliphatic rings. The molecule has 2 aromatic rings. The van der Waals surface area contributed by atoms with Crippen LogP contribution in [0.4, 0.5) is 0 Å². The molecule has 19 heavy (non-hydrogen) atoms. The third kappa shape index (κ3) is 1.73. The molecule has 1 saturated carbocycles. The van der Waals surface area contributed by atoms with Crippen molar-refractivity contribution in [2.24, 2.45) is 17.9 Å². The predicted octanol–water partition coefficient (Wildman–Crippen LogP) is 3.70. The van der Waals surface area contributed by atoms with Crippen LogP contribution in [0.5, 0.6) is 0 Å². The maximum atomic E-state index is 3.75. The van der Waals surface area contributed by atoms with Crippen molar-refractivity contribution >= 4 is 10.9 Å². The van der Waals surface area contributed by atoms with E-state index in [1.54, 1.807) is 0 Å². The Morgan fingerprint density at radius 3 is 2.37 bits per heavy atom. The van der Waals surface area contributed by atoms with E-state index in [4.69, 9.17) is 0 Å². The maximum absolute atomic E-state index is 3.75. The van der Waals surface area contributed by atoms with Crippen LogP contribution in [0.25, 0.3) is 10.9 Å². The number of benzene rings is 1. The first-order valence-corrected chi connectivity index (χ1v) is 7.12. The Labute approximate surface area is 115 Å². The van der Waals surface area contributed by atoms with E-state index >= 15 is 0 Å². The van der Waals surface area contributed by atoms with Crippen LogP contribution in [0.15, 0.2) is 30.5 Å². The summed E-state index contributed by atoms with van der Waals surface area (Å²) in [6, 6.07) is 9.24. The SMILES string of the molecule is Cn1cc(CNC2C(C)(C)C2(C)C)c2ccccc21. The lowest BCUT2D eigenvalue weighted by Gasteiger charge is -2.05. The van der Waals surface area contributed by atoms with Crippen molar-refractivity contribution in [3.05, 3.63) is 36.0 Å². The summed E-state index contributed by atoms with van der Waals surface area (Å²) in [4.78, 5) is 0. The van der Waals surface area contributed by atoms with Crippen LogP contribution in [0.2, 0.25) is 0 Å². The van der Waals surface area contributed by atoms with Crippen LogP contribution in [-0.2, 0) is 13.6 Å². The number of rotatable bonds is 3. The zero-order valence-corrected chi connectivity index (χ0v) is 12.6. The van der Waals surface area contributed by atoms with Gasteiger partial charge in [0.15, 0.2) is 0 Å². The number of nitrogens with one attached hydrogen (secondary N) is 1. The molecule has 0 atom stereocenters. The fourth-order valence-corrected chi connectivity index (χ4v) is 3.49. The normalized spacial score (nSPS) is 20.9. The van der Waals surface area contributed by atoms with Crippen molar-refractivity contribution in [2.45, 2.75) is 40.3 Å². The van der Waals surface area contributed by atoms with Crippen molar-refractivity contribution in [3.8, 4) is 0 Å². The highest BCUT2D eigenvalue weighted by Gasteiger charge is 2.64. The molecule has 1 N–H and O–H groups in total. The van der Waals surface area contributed by atoms with Gasteiger partial charge in [0.05, 0.1) is 0 Å². The van der Waals surface area contributed by atoms with E-state index in [2.05, 4.69) is 75.1 Å². The molecule has 102 valence electrons. The molecule has 3 rings (SSSR count). The zero-order chi connectivity index (χ0) is 13.8. The van der Waals surface area contributed by atoms with Crippen molar-refractivity contribution in [2.75, 3.05) is 0 Å². The molecule has 1 aromatic carbocycles. The summed E-state index contributed by atoms with van der Waals surface area (Å²) in [5.41, 5.74) is 3.51. The highest BCUT2D eigenvalue weighted by atomic mass is 15.0. The van der Waals surface area contributed by atoms with Gasteiger partial charge in [0.25, 0.3) is 0 Å². The predicted molar refractivity (Wildman–Crippen MR) is 81.1 cm³/mol. The van der Waals surface area contributed by atoms with Gasteiger partial charge in [-0.15, -0.1) is 0 Å². The second kappa shape index (κ2) is 3.86. The third-order valence-corrected chi connectivity index (χ3v) is 5.50. The molecule has 0 saturated heterocycles. The summed E-state index contributed by atoms with van der Waals surface area (Å²) in [5.74, 6) is 0. The summed E-state index contributed by atoms with van der Waals surface area (Å²) in [6.07, 6.45) is 2.25. The monoisotopic (exact) mass is 256 g/mol. The average molecular weight is 256 g/mol. The van der Waals surface area contributed by atoms with E-state index in [1.165, 1.54) is 16.5 Å². The van der Waals surface area contributed by atoms with Crippen molar-refractivity contribution < 1.29 is 0 Å². The van der Waals surface area contributed by atoms with Gasteiger partial charge in [0, 0.05) is 36.7 Å². The van der Waals surface area contributed by atoms with E-state index < -0.39 is 0 Å². The molecule has 0 radical (unpaired) electrons. The molecule has 0 bridgehead atoms. The van der Waals surface area contributed by atoms with Crippen LogP contribution in [0.1, 0.15) is 33.3 Å². The molecule has 0 amide bonds. The van der Waals surface area contributed by atoms with Gasteiger partial charge in [-0.05, 0) is 22.5 Å². The zero-order valence-electron chi connectivity index (χ0n) is 12.6. The van der Waals surface area contributed by atoms with Gasteiger partial charge in [0.1, 0.15) is 0 Å². The van der Waals surface area contributed by atoms with E-state index in [0.717, 1.165) is 6.54 Å². The average Bonchev–Trinajstić information content (AvgIpc) is 2.64. The van der Waals surface area contributed by atoms with Crippen molar-refractivity contribution in [1.29, 1.82) is 0 Å². The standard InChI is InChI=1S/C17H24N2/c1-16(2)15(17(16,3)4)18-10-12-11-19(5)14-9-7-6-8-13(12)14/h6-9,11,15,18H,10H2,1-5H3. The Hall–Kier alpha value is -1.28. The van der Waals surface area contributed by atoms with Crippen molar-refractivity contribution in [1.82, 2.24) is 9.88 Å². The Morgan fingerprint density at radius 1 is 1.11 bits per heavy atom. The minimum atomic E-state index is 0.400. The molecule has 0 aliphatic heterocycles. The summed E-state index contributed by atoms with van der Waals surface area (Å²) in [6.45, 7) is 10.4. The first-order chi connectivity index (χ1) is 8.85. The fraction of sp³-hybridized carbons (Fsp3) is 0.529. The van der Waals surface area contributed by atoms with E-state index in [9.17, 15) is 0 Å². The number of hydrogen-bond donors (Lipinski definition) is 1. The molecule has 1 heterocycles. The molecule has 2 heteroatoms. The number of para-hydroxylation sites is 1. The van der Waals surface area contributed by atoms with Gasteiger partial charge >= 0.3 is 0 Å². The molecule has 1 fully saturated rings. The molecular formula is C17H24N2. The Kier molecular flexibility index (Phi) is 2.59. The molecule has 0 spiro atoms. The molecular weight excluding hydrogens is 232 g/mol. The van der Waals surface area contributed by atoms with E-state index in [1.807, 2.05) is 0 Å². The van der Waals surface area contributed by atoms with Crippen LogP contribution in [-0.4, -0.2) is 10.6 Å². The second-order valence-corrected chi connectivity index (χ2v) is 7.04. The van der Waals surface area contributed by atoms with Gasteiger partial charge in [0.2, 0.25) is 0 Å². The van der Waals surface area contributed by atoms with Crippen LogP contribution in [0, 0.1) is 10.8 Å². The summed E-state index contributed by atoms with van der Waals surface area (Å²) in [7, 11) is 2.12. The van der Waals surface area contributed by atoms with Gasteiger partial charge in [-0.25, -0.2) is 0 Å². The largest absolute Gasteiger partial charge is 0.350 e. The lowest BCUT2D eigenvalue weighted by Crippen LogP contribution is -2.21. The quantitative estimate of drug-likeness (QED) is 0.886. The van der Waals surface area contributed by atoms with Gasteiger partial charge < -0.3 is 9.88 Å². The Bertz CT molecular complexity index is 605. The molecule has 1 aromatic heterocycles. The molecule has 2 nitrogen and oxygen atoms in total. The molecule has 1 aliphatic carbocycles. The lowest BCUT2D eigenvalue weighted by atomic mass is 10.0. The number of hydrogen-bond acceptors (Lipinski definition) is 1. The van der Waals surface area contributed by atoms with E-state index in [0.29, 0.717) is 16.9 Å². The van der Waals surface area contributed by atoms with Gasteiger partial charge in [-0.2, -0.15) is 0 Å². The first kappa shape index (κ1) is 12.7. The summed E-state index contributed by atoms with van der Waals surface area (Å²) < 4.78 is 2.22. The first-order valence-electron chi connectivity index (χ1n) is 7.12. The van der Waals surface area contributed by atoms with Crippen LogP contribution >= 0.6 is 0 Å². The van der Waals surface area contributed by atoms with Crippen molar-refractivity contribution in [3.63, 3.8) is 0 Å². The Balaban J connectivity index is 1.81. The minimum Gasteiger partial charge on any atom is -0.350 e. The number of fused-ring (bicyclic) bond motifs is 1. The lowest BCUT2D eigenvalue weighted by molar-refractivity contribution is 0.457. The molecule has 0 unspecified atom stereocenters. The smallest absolute Gasteiger partial charge is 0.0481 e. The van der Waals surface area contributed by atoms with Gasteiger partial charge in [-0.3, -0.25) is 0 Å². The number of aryl methyl sites for hydroxylation is 1. The van der Waals surface area contributed by atoms with E-state index in [-0.39, 0.29) is 0 Å². The number of nitrogens with zero attached hydrogens (tertiary/aromatic N) is 1. The highest BCUT2D eigenvalue weighted by molar-refractivity contribution is 5.83. The summed E-state index contributed by atoms with van der Waals surface area (Å²) >= 11 is 0. The Morgan fingerprint density at radius 2 is 1.74 bits per heavy atom. The van der Waals surface area contributed by atoms with Crippen LogP contribution < -0.4 is 5.32 Å². The topological polar surface area (TPSA) is 17.0 Å². The second-order valence-electron chi connectivity index (χ2n) is 7.04. The minimum absolute atomic E-state index is 0.400.